The van der Waals surface area contributed by atoms with Crippen molar-refractivity contribution in [3.63, 3.8) is 0 Å². The largest absolute Gasteiger partial charge is 0.370 e. The van der Waals surface area contributed by atoms with Gasteiger partial charge in [0.05, 0.1) is 17.2 Å². The first-order chi connectivity index (χ1) is 15.0. The zero-order chi connectivity index (χ0) is 23.5. The first kappa shape index (κ1) is 23.6. The van der Waals surface area contributed by atoms with Gasteiger partial charge in [-0.15, -0.1) is 0 Å². The molecule has 1 fully saturated rings. The van der Waals surface area contributed by atoms with Gasteiger partial charge < -0.3 is 10.2 Å². The van der Waals surface area contributed by atoms with Gasteiger partial charge in [0.15, 0.2) is 0 Å². The lowest BCUT2D eigenvalue weighted by molar-refractivity contribution is 0.116. The molecule has 2 heterocycles. The summed E-state index contributed by atoms with van der Waals surface area (Å²) in [6.07, 6.45) is 7.74. The molecule has 32 heavy (non-hydrogen) atoms. The summed E-state index contributed by atoms with van der Waals surface area (Å²) in [6.45, 7) is 18.2. The van der Waals surface area contributed by atoms with E-state index in [1.165, 1.54) is 30.5 Å². The highest BCUT2D eigenvalue weighted by atomic mass is 15.2. The van der Waals surface area contributed by atoms with Gasteiger partial charge in [0, 0.05) is 35.4 Å². The number of likely N-dealkylation sites (tertiary alicyclic amines) is 1. The van der Waals surface area contributed by atoms with E-state index >= 15 is 0 Å². The lowest BCUT2D eigenvalue weighted by Crippen LogP contribution is -2.46. The van der Waals surface area contributed by atoms with Gasteiger partial charge in [0.25, 0.3) is 0 Å². The summed E-state index contributed by atoms with van der Waals surface area (Å²) in [5.74, 6) is 0. The van der Waals surface area contributed by atoms with Crippen molar-refractivity contribution in [2.45, 2.75) is 71.8 Å². The molecule has 0 spiro atoms. The van der Waals surface area contributed by atoms with Crippen molar-refractivity contribution < 1.29 is 0 Å². The Morgan fingerprint density at radius 3 is 2.62 bits per heavy atom. The monoisotopic (exact) mass is 428 g/mol. The zero-order valence-electron chi connectivity index (χ0n) is 20.4. The highest BCUT2D eigenvalue weighted by Crippen LogP contribution is 2.33. The molecule has 0 amide bonds. The van der Waals surface area contributed by atoms with E-state index in [9.17, 15) is 5.26 Å². The van der Waals surface area contributed by atoms with Gasteiger partial charge in [-0.05, 0) is 108 Å². The van der Waals surface area contributed by atoms with Crippen LogP contribution in [0.15, 0.2) is 54.9 Å². The second kappa shape index (κ2) is 9.20. The molecule has 4 nitrogen and oxygen atoms in total. The minimum Gasteiger partial charge on any atom is -0.370 e. The molecule has 1 saturated heterocycles. The fourth-order valence-corrected chi connectivity index (χ4v) is 4.45. The van der Waals surface area contributed by atoms with Crippen molar-refractivity contribution in [1.29, 1.82) is 5.26 Å². The number of rotatable bonds is 6. The summed E-state index contributed by atoms with van der Waals surface area (Å²) in [7, 11) is 0. The van der Waals surface area contributed by atoms with Gasteiger partial charge in [-0.3, -0.25) is 4.98 Å². The fraction of sp³-hybridized carbons (Fsp3) is 0.429. The van der Waals surface area contributed by atoms with Crippen molar-refractivity contribution in [2.24, 2.45) is 0 Å². The summed E-state index contributed by atoms with van der Waals surface area (Å²) in [4.78, 5) is 6.91. The predicted molar refractivity (Wildman–Crippen MR) is 135 cm³/mol. The van der Waals surface area contributed by atoms with Crippen molar-refractivity contribution in [3.8, 4) is 6.07 Å². The molecule has 1 aliphatic rings. The standard InChI is InChI=1S/C28H36N4/c1-20-10-11-23(31-24-12-14-30-26(18-24)27(4,5)19-29)17-25(20)21(2)16-22(3)32-15-9-8-13-28(32,6)7/h10-12,14,16-18H,2,8-9,13,15H2,1,3-7H3,(H,30,31)/b22-16+. The number of hydrogen-bond acceptors (Lipinski definition) is 4. The predicted octanol–water partition coefficient (Wildman–Crippen LogP) is 7.12. The Kier molecular flexibility index (Phi) is 6.79. The number of piperidine rings is 1. The number of nitrogens with one attached hydrogen (secondary N) is 1. The summed E-state index contributed by atoms with van der Waals surface area (Å²) in [5, 5.41) is 12.9. The lowest BCUT2D eigenvalue weighted by atomic mass is 9.89. The van der Waals surface area contributed by atoms with Crippen LogP contribution >= 0.6 is 0 Å². The number of allylic oxidation sites excluding steroid dienone is 3. The van der Waals surface area contributed by atoms with Crippen LogP contribution < -0.4 is 5.32 Å². The maximum atomic E-state index is 9.43. The zero-order valence-corrected chi connectivity index (χ0v) is 20.4. The minimum atomic E-state index is -0.630. The van der Waals surface area contributed by atoms with Crippen LogP contribution in [0.25, 0.3) is 5.57 Å². The molecule has 168 valence electrons. The van der Waals surface area contributed by atoms with E-state index in [1.54, 1.807) is 6.20 Å². The Bertz CT molecular complexity index is 1070. The van der Waals surface area contributed by atoms with Crippen LogP contribution in [-0.4, -0.2) is 22.0 Å². The van der Waals surface area contributed by atoms with Crippen LogP contribution in [0.1, 0.15) is 70.7 Å². The molecule has 1 N–H and O–H groups in total. The molecule has 3 rings (SSSR count). The summed E-state index contributed by atoms with van der Waals surface area (Å²) in [6, 6.07) is 12.5. The normalized spacial score (nSPS) is 16.4. The molecule has 4 heteroatoms. The van der Waals surface area contributed by atoms with E-state index < -0.39 is 5.41 Å². The van der Waals surface area contributed by atoms with E-state index in [2.05, 4.69) is 79.8 Å². The minimum absolute atomic E-state index is 0.188. The molecular formula is C28H36N4. The van der Waals surface area contributed by atoms with Crippen LogP contribution in [0.4, 0.5) is 11.4 Å². The number of hydrogen-bond donors (Lipinski definition) is 1. The Hall–Kier alpha value is -3.06. The van der Waals surface area contributed by atoms with Gasteiger partial charge in [-0.2, -0.15) is 5.26 Å². The van der Waals surface area contributed by atoms with Crippen molar-refractivity contribution in [3.05, 3.63) is 71.7 Å². The van der Waals surface area contributed by atoms with Crippen LogP contribution in [0.3, 0.4) is 0 Å². The maximum Gasteiger partial charge on any atom is 0.0937 e. The van der Waals surface area contributed by atoms with E-state index in [0.717, 1.165) is 34.8 Å². The fourth-order valence-electron chi connectivity index (χ4n) is 4.45. The van der Waals surface area contributed by atoms with Gasteiger partial charge in [-0.25, -0.2) is 0 Å². The molecule has 0 atom stereocenters. The highest BCUT2D eigenvalue weighted by Gasteiger charge is 2.29. The van der Waals surface area contributed by atoms with Gasteiger partial charge in [0.2, 0.25) is 0 Å². The first-order valence-corrected chi connectivity index (χ1v) is 11.4. The molecule has 0 aliphatic carbocycles. The Labute approximate surface area is 193 Å². The van der Waals surface area contributed by atoms with E-state index in [0.29, 0.717) is 0 Å². The number of benzene rings is 1. The summed E-state index contributed by atoms with van der Waals surface area (Å²) in [5.41, 5.74) is 6.84. The average Bonchev–Trinajstić information content (AvgIpc) is 2.74. The SMILES string of the molecule is C=C(/C=C(\C)N1CCCCC1(C)C)c1cc(Nc2ccnc(C(C)(C)C#N)c2)ccc1C. The van der Waals surface area contributed by atoms with Gasteiger partial charge in [0.1, 0.15) is 0 Å². The number of aryl methyl sites for hydroxylation is 1. The third kappa shape index (κ3) is 5.22. The van der Waals surface area contributed by atoms with E-state index in [1.807, 2.05) is 26.0 Å². The second-order valence-electron chi connectivity index (χ2n) is 10.1. The Morgan fingerprint density at radius 1 is 1.22 bits per heavy atom. The van der Waals surface area contributed by atoms with Crippen LogP contribution in [0, 0.1) is 18.3 Å². The molecule has 1 aromatic carbocycles. The molecule has 0 unspecified atom stereocenters. The quantitative estimate of drug-likeness (QED) is 0.498. The van der Waals surface area contributed by atoms with Crippen LogP contribution in [-0.2, 0) is 5.41 Å². The number of anilines is 2. The second-order valence-corrected chi connectivity index (χ2v) is 10.1. The lowest BCUT2D eigenvalue weighted by Gasteiger charge is -2.45. The van der Waals surface area contributed by atoms with E-state index in [-0.39, 0.29) is 5.54 Å². The van der Waals surface area contributed by atoms with Crippen molar-refractivity contribution in [2.75, 3.05) is 11.9 Å². The third-order valence-corrected chi connectivity index (χ3v) is 6.51. The van der Waals surface area contributed by atoms with Gasteiger partial charge in [-0.1, -0.05) is 12.6 Å². The number of nitriles is 1. The summed E-state index contributed by atoms with van der Waals surface area (Å²) < 4.78 is 0. The van der Waals surface area contributed by atoms with Crippen molar-refractivity contribution >= 4 is 16.9 Å². The van der Waals surface area contributed by atoms with Gasteiger partial charge >= 0.3 is 0 Å². The number of nitrogens with zero attached hydrogens (tertiary/aromatic N) is 3. The molecular weight excluding hydrogens is 392 g/mol. The molecule has 1 aliphatic heterocycles. The highest BCUT2D eigenvalue weighted by molar-refractivity contribution is 5.78. The molecule has 1 aromatic heterocycles. The number of aromatic nitrogens is 1. The maximum absolute atomic E-state index is 9.43. The smallest absolute Gasteiger partial charge is 0.0937 e. The third-order valence-electron chi connectivity index (χ3n) is 6.51. The molecule has 2 aromatic rings. The number of pyridine rings is 1. The van der Waals surface area contributed by atoms with E-state index in [4.69, 9.17) is 0 Å². The van der Waals surface area contributed by atoms with Crippen molar-refractivity contribution in [1.82, 2.24) is 9.88 Å². The van der Waals surface area contributed by atoms with Crippen LogP contribution in [0.2, 0.25) is 0 Å². The summed E-state index contributed by atoms with van der Waals surface area (Å²) >= 11 is 0. The molecule has 0 bridgehead atoms. The average molecular weight is 429 g/mol. The Balaban J connectivity index is 1.84. The topological polar surface area (TPSA) is 52.0 Å². The van der Waals surface area contributed by atoms with Crippen LogP contribution in [0.5, 0.6) is 0 Å². The molecule has 0 saturated carbocycles. The Morgan fingerprint density at radius 2 is 1.94 bits per heavy atom. The first-order valence-electron chi connectivity index (χ1n) is 11.4. The molecule has 0 radical (unpaired) electrons.